The molecule has 0 unspecified atom stereocenters. The molecule has 130 valence electrons. The first-order valence-electron chi connectivity index (χ1n) is 7.50. The second kappa shape index (κ2) is 6.98. The van der Waals surface area contributed by atoms with Gasteiger partial charge in [0.15, 0.2) is 10.5 Å². The molecule has 0 N–H and O–H groups in total. The Bertz CT molecular complexity index is 1020. The van der Waals surface area contributed by atoms with Crippen molar-refractivity contribution in [3.63, 3.8) is 0 Å². The lowest BCUT2D eigenvalue weighted by atomic mass is 10.3. The average Bonchev–Trinajstić information content (AvgIpc) is 3.21. The summed E-state index contributed by atoms with van der Waals surface area (Å²) in [5, 5.41) is 4.11. The number of carbonyl (C=O) groups excluding carboxylic acids is 2. The SMILES string of the molecule is CCn1ccc(C(=O)N=c2sc3cccc(F)c3n2CC(=O)OC)n1. The Kier molecular flexibility index (Phi) is 4.75. The van der Waals surface area contributed by atoms with Gasteiger partial charge in [0.25, 0.3) is 5.91 Å². The largest absolute Gasteiger partial charge is 0.468 e. The van der Waals surface area contributed by atoms with E-state index in [0.717, 1.165) is 11.3 Å². The Morgan fingerprint density at radius 3 is 2.84 bits per heavy atom. The van der Waals surface area contributed by atoms with Crippen molar-refractivity contribution in [2.45, 2.75) is 20.0 Å². The van der Waals surface area contributed by atoms with Gasteiger partial charge in [0.05, 0.1) is 17.3 Å². The Balaban J connectivity index is 2.13. The summed E-state index contributed by atoms with van der Waals surface area (Å²) >= 11 is 1.12. The van der Waals surface area contributed by atoms with Gasteiger partial charge in [-0.05, 0) is 25.1 Å². The van der Waals surface area contributed by atoms with E-state index in [1.807, 2.05) is 6.92 Å². The van der Waals surface area contributed by atoms with Crippen LogP contribution in [0.1, 0.15) is 17.4 Å². The topological polar surface area (TPSA) is 78.5 Å². The van der Waals surface area contributed by atoms with Crippen LogP contribution in [0.3, 0.4) is 0 Å². The molecule has 2 heterocycles. The number of ether oxygens (including phenoxy) is 1. The second-order valence-electron chi connectivity index (χ2n) is 5.11. The molecule has 0 saturated carbocycles. The minimum absolute atomic E-state index is 0.185. The van der Waals surface area contributed by atoms with Crippen molar-refractivity contribution >= 4 is 33.4 Å². The standard InChI is InChI=1S/C16H15FN4O3S/c1-3-20-8-7-11(19-20)15(23)18-16-21(9-13(22)24-2)14-10(17)5-4-6-12(14)25-16/h4-8H,3,9H2,1-2H3. The maximum Gasteiger partial charge on any atom is 0.325 e. The van der Waals surface area contributed by atoms with E-state index < -0.39 is 17.7 Å². The third-order valence-electron chi connectivity index (χ3n) is 3.55. The number of nitrogens with zero attached hydrogens (tertiary/aromatic N) is 4. The van der Waals surface area contributed by atoms with Crippen molar-refractivity contribution in [1.29, 1.82) is 0 Å². The number of benzene rings is 1. The minimum atomic E-state index is -0.563. The lowest BCUT2D eigenvalue weighted by Crippen LogP contribution is -2.23. The molecule has 0 fully saturated rings. The number of rotatable bonds is 4. The molecule has 1 aromatic carbocycles. The summed E-state index contributed by atoms with van der Waals surface area (Å²) in [7, 11) is 1.24. The van der Waals surface area contributed by atoms with Crippen molar-refractivity contribution in [2.24, 2.45) is 4.99 Å². The van der Waals surface area contributed by atoms with Crippen molar-refractivity contribution in [1.82, 2.24) is 14.3 Å². The summed E-state index contributed by atoms with van der Waals surface area (Å²) in [5.74, 6) is -1.62. The van der Waals surface area contributed by atoms with Crippen LogP contribution in [0.15, 0.2) is 35.5 Å². The fourth-order valence-electron chi connectivity index (χ4n) is 2.31. The number of aromatic nitrogens is 3. The number of methoxy groups -OCH3 is 1. The van der Waals surface area contributed by atoms with Crippen LogP contribution >= 0.6 is 11.3 Å². The number of esters is 1. The number of fused-ring (bicyclic) bond motifs is 1. The van der Waals surface area contributed by atoms with Crippen LogP contribution in [0.2, 0.25) is 0 Å². The third-order valence-corrected chi connectivity index (χ3v) is 4.59. The average molecular weight is 362 g/mol. The van der Waals surface area contributed by atoms with E-state index in [1.165, 1.54) is 17.7 Å². The monoisotopic (exact) mass is 362 g/mol. The summed E-state index contributed by atoms with van der Waals surface area (Å²) in [4.78, 5) is 28.3. The van der Waals surface area contributed by atoms with Gasteiger partial charge >= 0.3 is 5.97 Å². The molecule has 9 heteroatoms. The molecule has 0 saturated heterocycles. The fraction of sp³-hybridized carbons (Fsp3) is 0.250. The summed E-state index contributed by atoms with van der Waals surface area (Å²) in [6.45, 7) is 2.29. The molecule has 0 atom stereocenters. The van der Waals surface area contributed by atoms with Gasteiger partial charge in [0, 0.05) is 12.7 Å². The van der Waals surface area contributed by atoms with Gasteiger partial charge in [-0.15, -0.1) is 0 Å². The molecule has 1 amide bonds. The van der Waals surface area contributed by atoms with Gasteiger partial charge < -0.3 is 9.30 Å². The number of amides is 1. The van der Waals surface area contributed by atoms with Crippen LogP contribution in [-0.4, -0.2) is 33.3 Å². The van der Waals surface area contributed by atoms with Crippen LogP contribution in [0, 0.1) is 5.82 Å². The predicted molar refractivity (Wildman–Crippen MR) is 89.6 cm³/mol. The second-order valence-corrected chi connectivity index (χ2v) is 6.12. The van der Waals surface area contributed by atoms with E-state index in [2.05, 4.69) is 14.8 Å². The first-order valence-corrected chi connectivity index (χ1v) is 8.32. The number of carbonyl (C=O) groups is 2. The van der Waals surface area contributed by atoms with Gasteiger partial charge in [-0.25, -0.2) is 4.39 Å². The van der Waals surface area contributed by atoms with E-state index in [4.69, 9.17) is 0 Å². The Hall–Kier alpha value is -2.81. The van der Waals surface area contributed by atoms with Crippen molar-refractivity contribution in [2.75, 3.05) is 7.11 Å². The number of para-hydroxylation sites is 1. The fourth-order valence-corrected chi connectivity index (χ4v) is 3.35. The molecular formula is C16H15FN4O3S. The number of hydrogen-bond acceptors (Lipinski definition) is 5. The van der Waals surface area contributed by atoms with Crippen LogP contribution in [-0.2, 0) is 22.6 Å². The summed E-state index contributed by atoms with van der Waals surface area (Å²) in [6.07, 6.45) is 1.68. The minimum Gasteiger partial charge on any atom is -0.468 e. The lowest BCUT2D eigenvalue weighted by Gasteiger charge is -2.04. The van der Waals surface area contributed by atoms with E-state index in [1.54, 1.807) is 29.1 Å². The zero-order chi connectivity index (χ0) is 18.0. The zero-order valence-electron chi connectivity index (χ0n) is 13.6. The summed E-state index contributed by atoms with van der Waals surface area (Å²) in [6, 6.07) is 6.11. The normalized spacial score (nSPS) is 11.9. The maximum absolute atomic E-state index is 14.2. The molecule has 0 radical (unpaired) electrons. The van der Waals surface area contributed by atoms with E-state index in [9.17, 15) is 14.0 Å². The molecule has 3 rings (SSSR count). The molecule has 0 aliphatic heterocycles. The lowest BCUT2D eigenvalue weighted by molar-refractivity contribution is -0.141. The van der Waals surface area contributed by atoms with Gasteiger partial charge in [-0.1, -0.05) is 17.4 Å². The highest BCUT2D eigenvalue weighted by atomic mass is 32.1. The maximum atomic E-state index is 14.2. The van der Waals surface area contributed by atoms with Crippen LogP contribution in [0.5, 0.6) is 0 Å². The highest BCUT2D eigenvalue weighted by Crippen LogP contribution is 2.20. The smallest absolute Gasteiger partial charge is 0.325 e. The predicted octanol–water partition coefficient (Wildman–Crippen LogP) is 1.97. The highest BCUT2D eigenvalue weighted by Gasteiger charge is 2.16. The molecule has 0 aliphatic carbocycles. The molecule has 2 aromatic heterocycles. The molecule has 0 aliphatic rings. The molecule has 25 heavy (non-hydrogen) atoms. The number of thiazole rings is 1. The van der Waals surface area contributed by atoms with Crippen molar-refractivity contribution < 1.29 is 18.7 Å². The summed E-state index contributed by atoms with van der Waals surface area (Å²) < 4.78 is 22.4. The number of aryl methyl sites for hydroxylation is 1. The molecular weight excluding hydrogens is 347 g/mol. The van der Waals surface area contributed by atoms with Crippen LogP contribution in [0.4, 0.5) is 4.39 Å². The molecule has 3 aromatic rings. The van der Waals surface area contributed by atoms with E-state index in [-0.39, 0.29) is 22.6 Å². The Labute approximate surface area is 146 Å². The van der Waals surface area contributed by atoms with Gasteiger partial charge in [0.2, 0.25) is 0 Å². The van der Waals surface area contributed by atoms with Crippen LogP contribution < -0.4 is 4.80 Å². The molecule has 0 spiro atoms. The van der Waals surface area contributed by atoms with E-state index in [0.29, 0.717) is 11.2 Å². The van der Waals surface area contributed by atoms with E-state index >= 15 is 0 Å². The van der Waals surface area contributed by atoms with Gasteiger partial charge in [0.1, 0.15) is 12.4 Å². The first kappa shape index (κ1) is 17.0. The van der Waals surface area contributed by atoms with Crippen molar-refractivity contribution in [3.05, 3.63) is 46.8 Å². The molecule has 0 bridgehead atoms. The quantitative estimate of drug-likeness (QED) is 0.665. The Morgan fingerprint density at radius 2 is 2.16 bits per heavy atom. The van der Waals surface area contributed by atoms with Gasteiger partial charge in [-0.3, -0.25) is 14.3 Å². The molecule has 7 nitrogen and oxygen atoms in total. The van der Waals surface area contributed by atoms with Crippen LogP contribution in [0.25, 0.3) is 10.2 Å². The Morgan fingerprint density at radius 1 is 1.36 bits per heavy atom. The zero-order valence-corrected chi connectivity index (χ0v) is 14.4. The first-order chi connectivity index (χ1) is 12.0. The highest BCUT2D eigenvalue weighted by molar-refractivity contribution is 7.16. The number of halogens is 1. The number of hydrogen-bond donors (Lipinski definition) is 0. The van der Waals surface area contributed by atoms with Gasteiger partial charge in [-0.2, -0.15) is 10.1 Å². The van der Waals surface area contributed by atoms with Crippen molar-refractivity contribution in [3.8, 4) is 0 Å². The third kappa shape index (κ3) is 3.36. The summed E-state index contributed by atoms with van der Waals surface area (Å²) in [5.41, 5.74) is 0.396.